The number of nitrogens with two attached hydrogens (primary N) is 1. The van der Waals surface area contributed by atoms with Gasteiger partial charge in [0.15, 0.2) is 0 Å². The van der Waals surface area contributed by atoms with Gasteiger partial charge in [0.2, 0.25) is 5.91 Å². The standard InChI is InChI=1S/C14H12N4O/c1-9-5-10(8-15)6-13(17-9)18-12-4-2-3-11(7-12)14(16)19/h2-7H,1H3,(H2,16,19)(H,17,18). The molecule has 0 fully saturated rings. The smallest absolute Gasteiger partial charge is 0.248 e. The molecule has 1 aromatic heterocycles. The molecule has 5 nitrogen and oxygen atoms in total. The second-order valence-electron chi connectivity index (χ2n) is 4.06. The highest BCUT2D eigenvalue weighted by Gasteiger charge is 2.03. The SMILES string of the molecule is Cc1cc(C#N)cc(Nc2cccc(C(N)=O)c2)n1. The highest BCUT2D eigenvalue weighted by Crippen LogP contribution is 2.17. The predicted molar refractivity (Wildman–Crippen MR) is 71.9 cm³/mol. The van der Waals surface area contributed by atoms with E-state index in [4.69, 9.17) is 11.0 Å². The Kier molecular flexibility index (Phi) is 3.44. The number of nitriles is 1. The number of hydrogen-bond acceptors (Lipinski definition) is 4. The zero-order valence-corrected chi connectivity index (χ0v) is 10.3. The fourth-order valence-corrected chi connectivity index (χ4v) is 1.70. The van der Waals surface area contributed by atoms with Crippen LogP contribution in [-0.2, 0) is 0 Å². The van der Waals surface area contributed by atoms with Crippen molar-refractivity contribution in [3.63, 3.8) is 0 Å². The van der Waals surface area contributed by atoms with Gasteiger partial charge in [-0.15, -0.1) is 0 Å². The summed E-state index contributed by atoms with van der Waals surface area (Å²) in [6, 6.07) is 12.2. The average molecular weight is 252 g/mol. The van der Waals surface area contributed by atoms with Gasteiger partial charge in [-0.2, -0.15) is 5.26 Å². The second kappa shape index (κ2) is 5.19. The fraction of sp³-hybridized carbons (Fsp3) is 0.0714. The lowest BCUT2D eigenvalue weighted by Gasteiger charge is -2.07. The molecule has 1 amide bonds. The van der Waals surface area contributed by atoms with Crippen LogP contribution in [0.4, 0.5) is 11.5 Å². The number of amides is 1. The van der Waals surface area contributed by atoms with Gasteiger partial charge in [0.05, 0.1) is 11.6 Å². The fourth-order valence-electron chi connectivity index (χ4n) is 1.70. The summed E-state index contributed by atoms with van der Waals surface area (Å²) in [6.07, 6.45) is 0. The van der Waals surface area contributed by atoms with Gasteiger partial charge in [-0.3, -0.25) is 4.79 Å². The molecule has 5 heteroatoms. The zero-order chi connectivity index (χ0) is 13.8. The number of aromatic nitrogens is 1. The zero-order valence-electron chi connectivity index (χ0n) is 10.3. The van der Waals surface area contributed by atoms with Gasteiger partial charge in [-0.05, 0) is 37.3 Å². The van der Waals surface area contributed by atoms with Crippen molar-refractivity contribution in [2.45, 2.75) is 6.92 Å². The number of carbonyl (C=O) groups is 1. The maximum Gasteiger partial charge on any atom is 0.248 e. The van der Waals surface area contributed by atoms with Gasteiger partial charge in [0.1, 0.15) is 5.82 Å². The summed E-state index contributed by atoms with van der Waals surface area (Å²) in [5.41, 5.74) is 7.60. The van der Waals surface area contributed by atoms with Crippen LogP contribution < -0.4 is 11.1 Å². The van der Waals surface area contributed by atoms with E-state index in [0.717, 1.165) is 5.69 Å². The highest BCUT2D eigenvalue weighted by molar-refractivity contribution is 5.93. The van der Waals surface area contributed by atoms with E-state index in [-0.39, 0.29) is 0 Å². The summed E-state index contributed by atoms with van der Waals surface area (Å²) in [6.45, 7) is 1.81. The van der Waals surface area contributed by atoms with Gasteiger partial charge in [0.25, 0.3) is 0 Å². The van der Waals surface area contributed by atoms with Crippen molar-refractivity contribution in [1.29, 1.82) is 5.26 Å². The van der Waals surface area contributed by atoms with Gasteiger partial charge in [0, 0.05) is 16.9 Å². The average Bonchev–Trinajstić information content (AvgIpc) is 2.38. The first kappa shape index (κ1) is 12.6. The summed E-state index contributed by atoms with van der Waals surface area (Å²) < 4.78 is 0. The number of pyridine rings is 1. The molecule has 0 saturated carbocycles. The van der Waals surface area contributed by atoms with E-state index in [1.165, 1.54) is 0 Å². The van der Waals surface area contributed by atoms with E-state index in [1.807, 2.05) is 6.92 Å². The molecule has 0 unspecified atom stereocenters. The van der Waals surface area contributed by atoms with Gasteiger partial charge >= 0.3 is 0 Å². The molecule has 0 bridgehead atoms. The molecule has 0 spiro atoms. The summed E-state index contributed by atoms with van der Waals surface area (Å²) in [7, 11) is 0. The lowest BCUT2D eigenvalue weighted by Crippen LogP contribution is -2.10. The molecule has 94 valence electrons. The number of nitrogens with zero attached hydrogens (tertiary/aromatic N) is 2. The third kappa shape index (κ3) is 3.07. The van der Waals surface area contributed by atoms with E-state index in [2.05, 4.69) is 16.4 Å². The van der Waals surface area contributed by atoms with Crippen LogP contribution in [0.1, 0.15) is 21.6 Å². The number of rotatable bonds is 3. The number of carbonyl (C=O) groups excluding carboxylic acids is 1. The monoisotopic (exact) mass is 252 g/mol. The predicted octanol–water partition coefficient (Wildman–Crippen LogP) is 2.10. The van der Waals surface area contributed by atoms with Crippen molar-refractivity contribution in [3.05, 3.63) is 53.2 Å². The maximum atomic E-state index is 11.1. The summed E-state index contributed by atoms with van der Waals surface area (Å²) in [5.74, 6) is 0.0664. The van der Waals surface area contributed by atoms with E-state index >= 15 is 0 Å². The van der Waals surface area contributed by atoms with Crippen molar-refractivity contribution < 1.29 is 4.79 Å². The minimum Gasteiger partial charge on any atom is -0.366 e. The van der Waals surface area contributed by atoms with Crippen LogP contribution in [0.3, 0.4) is 0 Å². The highest BCUT2D eigenvalue weighted by atomic mass is 16.1. The lowest BCUT2D eigenvalue weighted by molar-refractivity contribution is 0.100. The normalized spacial score (nSPS) is 9.68. The number of nitrogens with one attached hydrogen (secondary N) is 1. The molecule has 3 N–H and O–H groups in total. The van der Waals surface area contributed by atoms with E-state index in [0.29, 0.717) is 22.6 Å². The molecule has 0 radical (unpaired) electrons. The van der Waals surface area contributed by atoms with Gasteiger partial charge in [-0.1, -0.05) is 6.07 Å². The molecule has 0 aliphatic carbocycles. The molecule has 19 heavy (non-hydrogen) atoms. The molecule has 0 aliphatic rings. The summed E-state index contributed by atoms with van der Waals surface area (Å²) in [4.78, 5) is 15.4. The molecule has 1 aromatic carbocycles. The van der Waals surface area contributed by atoms with Crippen LogP contribution in [0.5, 0.6) is 0 Å². The first-order valence-electron chi connectivity index (χ1n) is 5.64. The van der Waals surface area contributed by atoms with Gasteiger partial charge in [-0.25, -0.2) is 4.98 Å². The van der Waals surface area contributed by atoms with Crippen molar-refractivity contribution in [3.8, 4) is 6.07 Å². The number of aryl methyl sites for hydroxylation is 1. The summed E-state index contributed by atoms with van der Waals surface area (Å²) in [5, 5.41) is 11.9. The van der Waals surface area contributed by atoms with Crippen molar-refractivity contribution >= 4 is 17.4 Å². The lowest BCUT2D eigenvalue weighted by atomic mass is 10.2. The largest absolute Gasteiger partial charge is 0.366 e. The number of benzene rings is 1. The summed E-state index contributed by atoms with van der Waals surface area (Å²) >= 11 is 0. The van der Waals surface area contributed by atoms with Crippen LogP contribution in [0.15, 0.2) is 36.4 Å². The third-order valence-corrected chi connectivity index (χ3v) is 2.50. The number of hydrogen-bond donors (Lipinski definition) is 2. The molecule has 0 saturated heterocycles. The molecule has 0 atom stereocenters. The Balaban J connectivity index is 2.31. The van der Waals surface area contributed by atoms with Crippen LogP contribution in [0.25, 0.3) is 0 Å². The number of anilines is 2. The first-order valence-corrected chi connectivity index (χ1v) is 5.64. The Morgan fingerprint density at radius 3 is 2.84 bits per heavy atom. The third-order valence-electron chi connectivity index (χ3n) is 2.50. The van der Waals surface area contributed by atoms with E-state index in [9.17, 15) is 4.79 Å². The van der Waals surface area contributed by atoms with Crippen molar-refractivity contribution in [2.24, 2.45) is 5.73 Å². The van der Waals surface area contributed by atoms with Crippen LogP contribution >= 0.6 is 0 Å². The minimum absolute atomic E-state index is 0.415. The molecule has 1 heterocycles. The molecular weight excluding hydrogens is 240 g/mol. The van der Waals surface area contributed by atoms with Crippen LogP contribution in [0.2, 0.25) is 0 Å². The second-order valence-corrected chi connectivity index (χ2v) is 4.06. The maximum absolute atomic E-state index is 11.1. The first-order chi connectivity index (χ1) is 9.08. The van der Waals surface area contributed by atoms with Crippen molar-refractivity contribution in [1.82, 2.24) is 4.98 Å². The molecule has 0 aliphatic heterocycles. The number of primary amides is 1. The Bertz CT molecular complexity index is 673. The Labute approximate surface area is 110 Å². The molecule has 2 aromatic rings. The quantitative estimate of drug-likeness (QED) is 0.875. The van der Waals surface area contributed by atoms with Crippen molar-refractivity contribution in [2.75, 3.05) is 5.32 Å². The van der Waals surface area contributed by atoms with Crippen LogP contribution in [0, 0.1) is 18.3 Å². The Morgan fingerprint density at radius 2 is 2.16 bits per heavy atom. The van der Waals surface area contributed by atoms with E-state index < -0.39 is 5.91 Å². The Hall–Kier alpha value is -2.87. The van der Waals surface area contributed by atoms with Crippen LogP contribution in [-0.4, -0.2) is 10.9 Å². The molecule has 2 rings (SSSR count). The van der Waals surface area contributed by atoms with Gasteiger partial charge < -0.3 is 11.1 Å². The van der Waals surface area contributed by atoms with E-state index in [1.54, 1.807) is 36.4 Å². The topological polar surface area (TPSA) is 91.8 Å². The Morgan fingerprint density at radius 1 is 1.37 bits per heavy atom. The molecular formula is C14H12N4O. The minimum atomic E-state index is -0.487.